The van der Waals surface area contributed by atoms with E-state index in [4.69, 9.17) is 0 Å². The molecule has 16 rings (SSSR count). The summed E-state index contributed by atoms with van der Waals surface area (Å²) in [5.41, 5.74) is 11.9. The largest absolute Gasteiger partial charge is 0.289 e. The topological polar surface area (TPSA) is 129 Å². The van der Waals surface area contributed by atoms with E-state index in [1.807, 2.05) is 129 Å². The lowest BCUT2D eigenvalue weighted by molar-refractivity contribution is 0.103. The highest BCUT2D eigenvalue weighted by Crippen LogP contribution is 2.70. The zero-order chi connectivity index (χ0) is 60.1. The van der Waals surface area contributed by atoms with E-state index in [1.54, 1.807) is 34.8 Å². The van der Waals surface area contributed by atoms with Crippen LogP contribution in [0.4, 0.5) is 0 Å². The van der Waals surface area contributed by atoms with Crippen LogP contribution in [0.1, 0.15) is 103 Å². The van der Waals surface area contributed by atoms with Crippen LogP contribution in [0.15, 0.2) is 180 Å². The number of fused-ring (bicyclic) bond motifs is 11. The molecule has 0 bridgehead atoms. The highest BCUT2D eigenvalue weighted by molar-refractivity contribution is 7.32. The lowest BCUT2D eigenvalue weighted by Crippen LogP contribution is -2.27. The van der Waals surface area contributed by atoms with Crippen molar-refractivity contribution in [3.05, 3.63) is 273 Å². The Hall–Kier alpha value is -9.00. The summed E-state index contributed by atoms with van der Waals surface area (Å²) >= 11 is 14.5. The number of nitriles is 4. The van der Waals surface area contributed by atoms with Gasteiger partial charge in [-0.05, 0) is 169 Å². The Bertz CT molecular complexity index is 5000. The predicted octanol–water partition coefficient (Wildman–Crippen LogP) is 20.8. The van der Waals surface area contributed by atoms with Gasteiger partial charge in [-0.2, -0.15) is 21.0 Å². The van der Waals surface area contributed by atoms with Gasteiger partial charge in [-0.1, -0.05) is 72.8 Å². The first-order chi connectivity index (χ1) is 42.9. The van der Waals surface area contributed by atoms with Gasteiger partial charge in [-0.15, -0.1) is 90.7 Å². The first-order valence-electron chi connectivity index (χ1n) is 28.1. The van der Waals surface area contributed by atoms with Crippen molar-refractivity contribution in [1.82, 2.24) is 0 Å². The van der Waals surface area contributed by atoms with E-state index in [2.05, 4.69) is 149 Å². The second-order valence-electron chi connectivity index (χ2n) is 22.1. The Morgan fingerprint density at radius 2 is 0.739 bits per heavy atom. The summed E-state index contributed by atoms with van der Waals surface area (Å²) in [5, 5.41) is 40.2. The maximum absolute atomic E-state index is 14.0. The Morgan fingerprint density at radius 3 is 1.07 bits per heavy atom. The third kappa shape index (κ3) is 7.66. The van der Waals surface area contributed by atoms with Gasteiger partial charge < -0.3 is 0 Å². The van der Waals surface area contributed by atoms with Gasteiger partial charge >= 0.3 is 0 Å². The molecule has 4 aliphatic carbocycles. The minimum atomic E-state index is -0.655. The van der Waals surface area contributed by atoms with Crippen molar-refractivity contribution in [3.8, 4) is 66.0 Å². The Morgan fingerprint density at radius 1 is 0.386 bits per heavy atom. The molecule has 0 unspecified atom stereocenters. The molecule has 12 aromatic rings. The van der Waals surface area contributed by atoms with E-state index in [1.165, 1.54) is 91.6 Å². The minimum Gasteiger partial charge on any atom is -0.289 e. The van der Waals surface area contributed by atoms with Gasteiger partial charge in [0.1, 0.15) is 35.4 Å². The number of ketones is 2. The number of hydrogen-bond acceptors (Lipinski definition) is 14. The molecule has 4 aromatic carbocycles. The fraction of sp³-hybridized carbons (Fsp3) is 0.0811. The minimum absolute atomic E-state index is 0.0804. The van der Waals surface area contributed by atoms with E-state index >= 15 is 0 Å². The quantitative estimate of drug-likeness (QED) is 0.110. The van der Waals surface area contributed by atoms with Gasteiger partial charge in [0.15, 0.2) is 11.6 Å². The number of Topliss-reactive ketones (excluding diaryl/α,β-unsaturated/α-hetero) is 2. The maximum Gasteiger partial charge on any atom is 0.194 e. The number of aryl methyl sites for hydroxylation is 4. The number of carbonyl (C=O) groups is 2. The molecule has 8 heterocycles. The number of benzene rings is 4. The second-order valence-corrected chi connectivity index (χ2v) is 31.6. The number of carbonyl (C=O) groups excluding carboxylic acids is 2. The summed E-state index contributed by atoms with van der Waals surface area (Å²) in [4.78, 5) is 44.4. The number of thiophene rings is 8. The third-order valence-corrected chi connectivity index (χ3v) is 26.6. The van der Waals surface area contributed by atoms with Gasteiger partial charge in [0.25, 0.3) is 0 Å². The zero-order valence-electron chi connectivity index (χ0n) is 47.0. The highest BCUT2D eigenvalue weighted by Gasteiger charge is 2.56. The van der Waals surface area contributed by atoms with Crippen LogP contribution < -0.4 is 0 Å². The summed E-state index contributed by atoms with van der Waals surface area (Å²) < 4.78 is 2.60. The molecule has 0 saturated heterocycles. The second kappa shape index (κ2) is 20.3. The van der Waals surface area contributed by atoms with Crippen molar-refractivity contribution in [1.29, 1.82) is 21.0 Å². The van der Waals surface area contributed by atoms with Gasteiger partial charge in [-0.3, -0.25) is 9.59 Å². The van der Waals surface area contributed by atoms with Gasteiger partial charge in [0, 0.05) is 113 Å². The van der Waals surface area contributed by atoms with Gasteiger partial charge in [-0.25, -0.2) is 0 Å². The van der Waals surface area contributed by atoms with E-state index < -0.39 is 10.8 Å². The van der Waals surface area contributed by atoms with Crippen LogP contribution in [0, 0.1) is 73.0 Å². The van der Waals surface area contributed by atoms with Crippen molar-refractivity contribution >= 4 is 135 Å². The van der Waals surface area contributed by atoms with Crippen LogP contribution in [0.5, 0.6) is 0 Å². The fourth-order valence-corrected chi connectivity index (χ4v) is 23.2. The zero-order valence-corrected chi connectivity index (χ0v) is 53.6. The maximum atomic E-state index is 14.0. The lowest BCUT2D eigenvalue weighted by atomic mass is 9.74. The SMILES string of the molecule is Cc1ccc(C2(c3ccc(C)s3)c3cc(-c4ccc(C=C5C(=O)c6ccccc6C5=C(C#N)C#N)s4)ccc3-c3sc4c5c(sc4c32)-c2ccc(-c3ccc(C=C4C(=O)c6ccccc6C4=C(C#N)C#N)s3)cc2C5(c2ccc(C)s2)c2ccc(C)s2)s1. The molecule has 0 saturated carbocycles. The molecule has 0 spiro atoms. The summed E-state index contributed by atoms with van der Waals surface area (Å²) in [7, 11) is 0. The van der Waals surface area contributed by atoms with Crippen LogP contribution in [0.2, 0.25) is 0 Å². The lowest BCUT2D eigenvalue weighted by Gasteiger charge is -2.31. The Balaban J connectivity index is 0.883. The van der Waals surface area contributed by atoms with E-state index in [-0.39, 0.29) is 22.7 Å². The molecule has 0 atom stereocenters. The molecular formula is C74H40N4O2S8. The van der Waals surface area contributed by atoms with Gasteiger partial charge in [0.05, 0.1) is 20.2 Å². The summed E-state index contributed by atoms with van der Waals surface area (Å²) in [6.45, 7) is 8.81. The van der Waals surface area contributed by atoms with Crippen molar-refractivity contribution in [3.63, 3.8) is 0 Å². The number of nitrogens with zero attached hydrogens (tertiary/aromatic N) is 4. The number of hydrogen-bond donors (Lipinski definition) is 0. The highest BCUT2D eigenvalue weighted by atomic mass is 32.1. The molecule has 0 fully saturated rings. The van der Waals surface area contributed by atoms with Crippen molar-refractivity contribution in [2.45, 2.75) is 38.5 Å². The smallest absolute Gasteiger partial charge is 0.194 e. The van der Waals surface area contributed by atoms with Crippen LogP contribution in [-0.4, -0.2) is 11.6 Å². The van der Waals surface area contributed by atoms with Crippen LogP contribution in [-0.2, 0) is 10.8 Å². The van der Waals surface area contributed by atoms with Crippen LogP contribution in [0.25, 0.3) is 74.5 Å². The van der Waals surface area contributed by atoms with E-state index in [0.717, 1.165) is 30.6 Å². The molecule has 0 N–H and O–H groups in total. The van der Waals surface area contributed by atoms with Crippen molar-refractivity contribution in [2.24, 2.45) is 0 Å². The monoisotopic (exact) mass is 1270 g/mol. The first kappa shape index (κ1) is 54.4. The average molecular weight is 1270 g/mol. The Kier molecular flexibility index (Phi) is 12.5. The van der Waals surface area contributed by atoms with Gasteiger partial charge in [0.2, 0.25) is 0 Å². The molecule has 0 radical (unpaired) electrons. The normalized spacial score (nSPS) is 15.5. The standard InChI is InChI=1S/C74H40N4O2S8/c1-37-13-25-59(81-37)73(60-26-14-38(2)82-60)55-29-41(57-23-19-45(85-57)31-53-63(43(33-75)34-76)47-9-5-7-11-49(47)67(53)79)17-21-51(55)69-65(73)71-72(87-69)66-70(88-71)52-22-18-42(30-56(52)74(66,61-27-15-39(3)83-61)62-28-16-40(4)84-62)58-24-20-46(86-58)32-54-64(44(35-77)36-78)48-10-6-8-12-50(48)68(54)80/h5-32H,1-4H3. The Labute approximate surface area is 538 Å². The fourth-order valence-electron chi connectivity index (χ4n) is 13.6. The summed E-state index contributed by atoms with van der Waals surface area (Å²) in [5.74, 6) is -0.392. The molecule has 416 valence electrons. The summed E-state index contributed by atoms with van der Waals surface area (Å²) in [6.07, 6.45) is 3.69. The average Bonchev–Trinajstić information content (AvgIpc) is 1.49. The molecular weight excluding hydrogens is 1230 g/mol. The molecule has 0 amide bonds. The molecule has 4 aliphatic rings. The third-order valence-electron chi connectivity index (χ3n) is 17.3. The van der Waals surface area contributed by atoms with Crippen molar-refractivity contribution < 1.29 is 9.59 Å². The predicted molar refractivity (Wildman–Crippen MR) is 365 cm³/mol. The van der Waals surface area contributed by atoms with E-state index in [9.17, 15) is 30.6 Å². The first-order valence-corrected chi connectivity index (χ1v) is 34.6. The summed E-state index contributed by atoms with van der Waals surface area (Å²) in [6, 6.07) is 63.4. The number of allylic oxidation sites excluding steroid dienone is 6. The molecule has 6 nitrogen and oxygen atoms in total. The molecule has 14 heteroatoms. The van der Waals surface area contributed by atoms with Crippen LogP contribution >= 0.6 is 90.7 Å². The van der Waals surface area contributed by atoms with Crippen LogP contribution in [0.3, 0.4) is 0 Å². The number of rotatable bonds is 8. The molecule has 8 aromatic heterocycles. The molecule has 88 heavy (non-hydrogen) atoms. The van der Waals surface area contributed by atoms with Crippen molar-refractivity contribution in [2.75, 3.05) is 0 Å². The van der Waals surface area contributed by atoms with E-state index in [0.29, 0.717) is 44.5 Å². The molecule has 0 aliphatic heterocycles.